The molecule has 3 aromatic rings. The Kier molecular flexibility index (Phi) is 6.54. The molecule has 0 aromatic heterocycles. The van der Waals surface area contributed by atoms with E-state index in [4.69, 9.17) is 4.74 Å². The van der Waals surface area contributed by atoms with Crippen LogP contribution in [0.15, 0.2) is 91.0 Å². The molecule has 0 spiro atoms. The number of amides is 3. The molecule has 0 saturated carbocycles. The molecule has 4 rings (SSSR count). The molecule has 2 atom stereocenters. The van der Waals surface area contributed by atoms with E-state index in [0.717, 1.165) is 4.90 Å². The maximum absolute atomic E-state index is 13.9. The fraction of sp³-hybridized carbons (Fsp3) is 0.185. The van der Waals surface area contributed by atoms with Crippen molar-refractivity contribution < 1.29 is 23.9 Å². The van der Waals surface area contributed by atoms with Gasteiger partial charge in [-0.2, -0.15) is 0 Å². The monoisotopic (exact) mass is 456 g/mol. The van der Waals surface area contributed by atoms with Gasteiger partial charge in [-0.1, -0.05) is 78.9 Å². The molecule has 172 valence electrons. The molecule has 3 amide bonds. The number of urea groups is 1. The fourth-order valence-corrected chi connectivity index (χ4v) is 4.25. The van der Waals surface area contributed by atoms with Gasteiger partial charge in [0.2, 0.25) is 5.54 Å². The number of hydrogen-bond donors (Lipinski definition) is 1. The number of ketones is 1. The average molecular weight is 456 g/mol. The number of nitrogens with zero attached hydrogens (tertiary/aromatic N) is 1. The van der Waals surface area contributed by atoms with Crippen LogP contribution >= 0.6 is 0 Å². The highest BCUT2D eigenvalue weighted by atomic mass is 16.5. The van der Waals surface area contributed by atoms with E-state index in [2.05, 4.69) is 5.32 Å². The number of Topliss-reactive ketones (excluding diaryl/α,β-unsaturated/α-hetero) is 1. The Hall–Kier alpha value is -4.26. The van der Waals surface area contributed by atoms with Crippen LogP contribution in [0.2, 0.25) is 0 Å². The molecule has 0 radical (unpaired) electrons. The summed E-state index contributed by atoms with van der Waals surface area (Å²) < 4.78 is 5.31. The second-order valence-corrected chi connectivity index (χ2v) is 7.89. The van der Waals surface area contributed by atoms with Crippen molar-refractivity contribution in [3.8, 4) is 0 Å². The standard InChI is InChI=1S/C27H24N2O5/c1-2-34-25(32)27(24(31)29(26(33)28-27)21-16-10-5-11-17-21)22(19-12-6-3-7-13-19)18-23(30)20-14-8-4-9-15-20/h3-17,22H,2,18H2,1H3,(H,28,33)/t22-,27-/m0/s1. The molecule has 7 heteroatoms. The summed E-state index contributed by atoms with van der Waals surface area (Å²) in [5.74, 6) is -2.94. The van der Waals surface area contributed by atoms with Crippen molar-refractivity contribution in [3.63, 3.8) is 0 Å². The SMILES string of the molecule is CCOC(=O)[C@@]1([C@@H](CC(=O)c2ccccc2)c2ccccc2)NC(=O)N(c2ccccc2)C1=O. The predicted molar refractivity (Wildman–Crippen MR) is 126 cm³/mol. The average Bonchev–Trinajstić information content (AvgIpc) is 3.14. The first-order chi connectivity index (χ1) is 16.5. The van der Waals surface area contributed by atoms with Gasteiger partial charge in [0.05, 0.1) is 12.3 Å². The Balaban J connectivity index is 1.85. The lowest BCUT2D eigenvalue weighted by Gasteiger charge is -2.33. The molecular formula is C27H24N2O5. The summed E-state index contributed by atoms with van der Waals surface area (Å²) in [5, 5.41) is 2.62. The smallest absolute Gasteiger partial charge is 0.342 e. The van der Waals surface area contributed by atoms with Gasteiger partial charge in [0, 0.05) is 17.9 Å². The van der Waals surface area contributed by atoms with Crippen molar-refractivity contribution in [3.05, 3.63) is 102 Å². The van der Waals surface area contributed by atoms with Crippen molar-refractivity contribution in [2.24, 2.45) is 0 Å². The van der Waals surface area contributed by atoms with Crippen molar-refractivity contribution in [1.82, 2.24) is 5.32 Å². The van der Waals surface area contributed by atoms with Gasteiger partial charge in [0.25, 0.3) is 5.91 Å². The summed E-state index contributed by atoms with van der Waals surface area (Å²) in [6.45, 7) is 1.62. The molecule has 0 bridgehead atoms. The van der Waals surface area contributed by atoms with Crippen LogP contribution in [0.25, 0.3) is 0 Å². The van der Waals surface area contributed by atoms with Crippen LogP contribution in [0, 0.1) is 0 Å². The second-order valence-electron chi connectivity index (χ2n) is 7.89. The lowest BCUT2D eigenvalue weighted by Crippen LogP contribution is -2.59. The topological polar surface area (TPSA) is 92.8 Å². The van der Waals surface area contributed by atoms with Gasteiger partial charge in [-0.3, -0.25) is 9.59 Å². The summed E-state index contributed by atoms with van der Waals surface area (Å²) in [6, 6.07) is 25.0. The second kappa shape index (κ2) is 9.70. The zero-order valence-electron chi connectivity index (χ0n) is 18.6. The number of para-hydroxylation sites is 1. The first-order valence-corrected chi connectivity index (χ1v) is 11.0. The van der Waals surface area contributed by atoms with Gasteiger partial charge in [0.15, 0.2) is 5.78 Å². The number of anilines is 1. The minimum Gasteiger partial charge on any atom is -0.464 e. The van der Waals surface area contributed by atoms with Crippen molar-refractivity contribution in [1.29, 1.82) is 0 Å². The lowest BCUT2D eigenvalue weighted by molar-refractivity contribution is -0.154. The van der Waals surface area contributed by atoms with Gasteiger partial charge in [-0.05, 0) is 24.6 Å². The van der Waals surface area contributed by atoms with E-state index in [-0.39, 0.29) is 18.8 Å². The number of imide groups is 1. The third kappa shape index (κ3) is 4.08. The van der Waals surface area contributed by atoms with Crippen LogP contribution in [0.5, 0.6) is 0 Å². The molecular weight excluding hydrogens is 432 g/mol. The van der Waals surface area contributed by atoms with Crippen LogP contribution in [0.3, 0.4) is 0 Å². The number of ether oxygens (including phenoxy) is 1. The summed E-state index contributed by atoms with van der Waals surface area (Å²) in [7, 11) is 0. The zero-order chi connectivity index (χ0) is 24.1. The van der Waals surface area contributed by atoms with Crippen LogP contribution in [0.4, 0.5) is 10.5 Å². The highest BCUT2D eigenvalue weighted by molar-refractivity contribution is 6.31. The maximum Gasteiger partial charge on any atom is 0.342 e. The van der Waals surface area contributed by atoms with Gasteiger partial charge in [-0.25, -0.2) is 14.5 Å². The van der Waals surface area contributed by atoms with E-state index in [1.807, 2.05) is 0 Å². The fourth-order valence-electron chi connectivity index (χ4n) is 4.25. The van der Waals surface area contributed by atoms with Crippen molar-refractivity contribution in [2.75, 3.05) is 11.5 Å². The number of esters is 1. The minimum atomic E-state index is -2.10. The molecule has 7 nitrogen and oxygen atoms in total. The summed E-state index contributed by atoms with van der Waals surface area (Å²) >= 11 is 0. The first kappa shape index (κ1) is 22.9. The van der Waals surface area contributed by atoms with E-state index < -0.39 is 29.4 Å². The number of carbonyl (C=O) groups is 4. The van der Waals surface area contributed by atoms with E-state index in [1.54, 1.807) is 97.9 Å². The predicted octanol–water partition coefficient (Wildman–Crippen LogP) is 4.10. The summed E-state index contributed by atoms with van der Waals surface area (Å²) in [5.41, 5.74) is -0.783. The third-order valence-corrected chi connectivity index (χ3v) is 5.87. The normalized spacial score (nSPS) is 18.3. The van der Waals surface area contributed by atoms with Gasteiger partial charge >= 0.3 is 12.0 Å². The van der Waals surface area contributed by atoms with Crippen molar-refractivity contribution in [2.45, 2.75) is 24.8 Å². The molecule has 34 heavy (non-hydrogen) atoms. The molecule has 1 saturated heterocycles. The largest absolute Gasteiger partial charge is 0.464 e. The number of hydrogen-bond acceptors (Lipinski definition) is 5. The number of rotatable bonds is 8. The number of nitrogens with one attached hydrogen (secondary N) is 1. The Morgan fingerprint density at radius 2 is 1.44 bits per heavy atom. The molecule has 1 aliphatic rings. The molecule has 1 aliphatic heterocycles. The van der Waals surface area contributed by atoms with E-state index in [1.165, 1.54) is 0 Å². The molecule has 0 unspecified atom stereocenters. The van der Waals surface area contributed by atoms with Gasteiger partial charge in [-0.15, -0.1) is 0 Å². The zero-order valence-corrected chi connectivity index (χ0v) is 18.6. The summed E-state index contributed by atoms with van der Waals surface area (Å²) in [6.07, 6.45) is -0.193. The molecule has 0 aliphatic carbocycles. The van der Waals surface area contributed by atoms with Gasteiger partial charge in [0.1, 0.15) is 0 Å². The third-order valence-electron chi connectivity index (χ3n) is 5.87. The minimum absolute atomic E-state index is 0.00319. The van der Waals surface area contributed by atoms with Crippen LogP contribution < -0.4 is 10.2 Å². The molecule has 1 heterocycles. The van der Waals surface area contributed by atoms with E-state index >= 15 is 0 Å². The van der Waals surface area contributed by atoms with E-state index in [0.29, 0.717) is 16.8 Å². The van der Waals surface area contributed by atoms with Crippen LogP contribution in [-0.4, -0.2) is 35.8 Å². The quantitative estimate of drug-likeness (QED) is 0.238. The molecule has 3 aromatic carbocycles. The summed E-state index contributed by atoms with van der Waals surface area (Å²) in [4.78, 5) is 54.6. The lowest BCUT2D eigenvalue weighted by atomic mass is 9.75. The highest BCUT2D eigenvalue weighted by Gasteiger charge is 2.63. The molecule has 1 N–H and O–H groups in total. The van der Waals surface area contributed by atoms with Crippen LogP contribution in [-0.2, 0) is 14.3 Å². The highest BCUT2D eigenvalue weighted by Crippen LogP contribution is 2.40. The number of carbonyl (C=O) groups excluding carboxylic acids is 4. The van der Waals surface area contributed by atoms with Crippen LogP contribution in [0.1, 0.15) is 35.2 Å². The van der Waals surface area contributed by atoms with E-state index in [9.17, 15) is 19.2 Å². The number of benzene rings is 3. The van der Waals surface area contributed by atoms with Crippen molar-refractivity contribution >= 4 is 29.4 Å². The molecule has 1 fully saturated rings. The maximum atomic E-state index is 13.9. The first-order valence-electron chi connectivity index (χ1n) is 11.0. The van der Waals surface area contributed by atoms with Gasteiger partial charge < -0.3 is 10.1 Å². The Morgan fingerprint density at radius 1 is 0.882 bits per heavy atom. The Labute approximate surface area is 197 Å². The Bertz CT molecular complexity index is 1200. The Morgan fingerprint density at radius 3 is 2.03 bits per heavy atom.